The van der Waals surface area contributed by atoms with Crippen LogP contribution in [0.15, 0.2) is 18.2 Å². The van der Waals surface area contributed by atoms with Gasteiger partial charge in [-0.05, 0) is 26.0 Å². The number of carbonyl (C=O) groups excluding carboxylic acids is 3. The van der Waals surface area contributed by atoms with Crippen LogP contribution in [0.4, 0.5) is 0 Å². The van der Waals surface area contributed by atoms with Crippen molar-refractivity contribution >= 4 is 29.1 Å². The molecular formula is C16H17NO5. The van der Waals surface area contributed by atoms with Crippen LogP contribution in [0.5, 0.6) is 0 Å². The van der Waals surface area contributed by atoms with Gasteiger partial charge < -0.3 is 14.5 Å². The summed E-state index contributed by atoms with van der Waals surface area (Å²) in [6.45, 7) is 3.66. The van der Waals surface area contributed by atoms with Gasteiger partial charge in [0.05, 0.1) is 25.2 Å². The minimum Gasteiger partial charge on any atom is -0.465 e. The Bertz CT molecular complexity index is 731. The highest BCUT2D eigenvalue weighted by Gasteiger charge is 2.23. The summed E-state index contributed by atoms with van der Waals surface area (Å²) >= 11 is 0. The van der Waals surface area contributed by atoms with Gasteiger partial charge in [0.2, 0.25) is 0 Å². The molecular weight excluding hydrogens is 286 g/mol. The molecule has 2 rings (SSSR count). The second kappa shape index (κ2) is 6.43. The van der Waals surface area contributed by atoms with E-state index in [0.29, 0.717) is 34.0 Å². The van der Waals surface area contributed by atoms with Crippen molar-refractivity contribution in [1.29, 1.82) is 0 Å². The number of hydrogen-bond donors (Lipinski definition) is 1. The molecule has 0 amide bonds. The van der Waals surface area contributed by atoms with E-state index in [1.165, 1.54) is 7.11 Å². The molecule has 0 saturated heterocycles. The Morgan fingerprint density at radius 1 is 1.36 bits per heavy atom. The summed E-state index contributed by atoms with van der Waals surface area (Å²) in [7, 11) is 1.30. The molecule has 1 unspecified atom stereocenters. The number of aromatic amines is 1. The zero-order valence-electron chi connectivity index (χ0n) is 12.6. The monoisotopic (exact) mass is 303 g/mol. The van der Waals surface area contributed by atoms with E-state index in [2.05, 4.69) is 9.72 Å². The Hall–Kier alpha value is -2.63. The lowest BCUT2D eigenvalue weighted by atomic mass is 10.0. The van der Waals surface area contributed by atoms with E-state index >= 15 is 0 Å². The first-order chi connectivity index (χ1) is 10.5. The van der Waals surface area contributed by atoms with Crippen molar-refractivity contribution in [2.75, 3.05) is 13.7 Å². The van der Waals surface area contributed by atoms with Crippen molar-refractivity contribution in [3.63, 3.8) is 0 Å². The summed E-state index contributed by atoms with van der Waals surface area (Å²) in [5.74, 6) is -1.48. The number of methoxy groups -OCH3 is 1. The number of aldehydes is 1. The number of aromatic nitrogens is 1. The molecule has 0 bridgehead atoms. The zero-order valence-corrected chi connectivity index (χ0v) is 12.6. The molecule has 0 fully saturated rings. The summed E-state index contributed by atoms with van der Waals surface area (Å²) in [5, 5.41) is 0.647. The maximum atomic E-state index is 11.9. The molecule has 0 saturated carbocycles. The van der Waals surface area contributed by atoms with Crippen molar-refractivity contribution in [2.24, 2.45) is 0 Å². The Kier molecular flexibility index (Phi) is 4.60. The number of nitrogens with one attached hydrogen (secondary N) is 1. The maximum Gasteiger partial charge on any atom is 0.337 e. The molecule has 0 aliphatic rings. The molecule has 0 aliphatic heterocycles. The van der Waals surface area contributed by atoms with Gasteiger partial charge in [0.15, 0.2) is 6.29 Å². The Morgan fingerprint density at radius 2 is 2.09 bits per heavy atom. The number of hydrogen-bond acceptors (Lipinski definition) is 5. The average molecular weight is 303 g/mol. The van der Waals surface area contributed by atoms with Crippen molar-refractivity contribution in [3.8, 4) is 0 Å². The third-order valence-corrected chi connectivity index (χ3v) is 3.48. The quantitative estimate of drug-likeness (QED) is 0.677. The Morgan fingerprint density at radius 3 is 2.68 bits per heavy atom. The molecule has 1 aromatic heterocycles. The lowest BCUT2D eigenvalue weighted by molar-refractivity contribution is -0.144. The van der Waals surface area contributed by atoms with Gasteiger partial charge in [-0.2, -0.15) is 0 Å². The SMILES string of the molecule is CCOC(=O)C(C)c1[nH]c2cc(C(=O)OC)ccc2c1C=O. The van der Waals surface area contributed by atoms with Crippen LogP contribution < -0.4 is 0 Å². The molecule has 2 aromatic rings. The molecule has 6 heteroatoms. The predicted molar refractivity (Wildman–Crippen MR) is 80.1 cm³/mol. The molecule has 0 spiro atoms. The predicted octanol–water partition coefficient (Wildman–Crippen LogP) is 2.43. The average Bonchev–Trinajstić information content (AvgIpc) is 2.90. The summed E-state index contributed by atoms with van der Waals surface area (Å²) in [5.41, 5.74) is 1.83. The van der Waals surface area contributed by atoms with Crippen LogP contribution in [-0.2, 0) is 14.3 Å². The molecule has 1 aromatic carbocycles. The van der Waals surface area contributed by atoms with Crippen molar-refractivity contribution in [2.45, 2.75) is 19.8 Å². The minimum absolute atomic E-state index is 0.270. The van der Waals surface area contributed by atoms with Crippen LogP contribution >= 0.6 is 0 Å². The molecule has 116 valence electrons. The van der Waals surface area contributed by atoms with Crippen LogP contribution in [-0.4, -0.2) is 36.9 Å². The smallest absolute Gasteiger partial charge is 0.337 e. The van der Waals surface area contributed by atoms with Crippen molar-refractivity contribution in [3.05, 3.63) is 35.0 Å². The first-order valence-electron chi connectivity index (χ1n) is 6.89. The number of H-pyrrole nitrogens is 1. The molecule has 22 heavy (non-hydrogen) atoms. The number of benzene rings is 1. The van der Waals surface area contributed by atoms with Gasteiger partial charge in [-0.15, -0.1) is 0 Å². The second-order valence-corrected chi connectivity index (χ2v) is 4.80. The molecule has 0 radical (unpaired) electrons. The number of carbonyl (C=O) groups is 3. The van der Waals surface area contributed by atoms with Crippen LogP contribution in [0.3, 0.4) is 0 Å². The summed E-state index contributed by atoms with van der Waals surface area (Å²) in [6.07, 6.45) is 0.696. The van der Waals surface area contributed by atoms with E-state index < -0.39 is 17.9 Å². The largest absolute Gasteiger partial charge is 0.465 e. The topological polar surface area (TPSA) is 85.5 Å². The molecule has 1 heterocycles. The van der Waals surface area contributed by atoms with E-state index in [0.717, 1.165) is 0 Å². The van der Waals surface area contributed by atoms with Gasteiger partial charge in [-0.3, -0.25) is 9.59 Å². The summed E-state index contributed by atoms with van der Waals surface area (Å²) < 4.78 is 9.65. The van der Waals surface area contributed by atoms with Gasteiger partial charge in [0.25, 0.3) is 0 Å². The molecule has 1 N–H and O–H groups in total. The zero-order chi connectivity index (χ0) is 16.3. The number of esters is 2. The summed E-state index contributed by atoms with van der Waals surface area (Å²) in [4.78, 5) is 37.9. The highest BCUT2D eigenvalue weighted by Crippen LogP contribution is 2.28. The Labute approximate surface area is 127 Å². The number of fused-ring (bicyclic) bond motifs is 1. The van der Waals surface area contributed by atoms with Gasteiger partial charge in [0, 0.05) is 22.2 Å². The maximum absolute atomic E-state index is 11.9. The summed E-state index contributed by atoms with van der Waals surface area (Å²) in [6, 6.07) is 4.83. The fourth-order valence-corrected chi connectivity index (χ4v) is 2.34. The number of ether oxygens (including phenoxy) is 2. The highest BCUT2D eigenvalue weighted by molar-refractivity contribution is 6.03. The van der Waals surface area contributed by atoms with E-state index in [-0.39, 0.29) is 6.61 Å². The third kappa shape index (κ3) is 2.72. The highest BCUT2D eigenvalue weighted by atomic mass is 16.5. The van der Waals surface area contributed by atoms with E-state index in [4.69, 9.17) is 4.74 Å². The fraction of sp³-hybridized carbons (Fsp3) is 0.312. The molecule has 1 atom stereocenters. The minimum atomic E-state index is -0.603. The van der Waals surface area contributed by atoms with Crippen LogP contribution in [0.2, 0.25) is 0 Å². The first-order valence-corrected chi connectivity index (χ1v) is 6.89. The second-order valence-electron chi connectivity index (χ2n) is 4.80. The van der Waals surface area contributed by atoms with Crippen LogP contribution in [0, 0.1) is 0 Å². The first kappa shape index (κ1) is 15.8. The van der Waals surface area contributed by atoms with Crippen LogP contribution in [0.1, 0.15) is 46.2 Å². The van der Waals surface area contributed by atoms with Crippen molar-refractivity contribution in [1.82, 2.24) is 4.98 Å². The van der Waals surface area contributed by atoms with Crippen LogP contribution in [0.25, 0.3) is 10.9 Å². The van der Waals surface area contributed by atoms with Crippen molar-refractivity contribution < 1.29 is 23.9 Å². The third-order valence-electron chi connectivity index (χ3n) is 3.48. The van der Waals surface area contributed by atoms with Gasteiger partial charge in [0.1, 0.15) is 0 Å². The van der Waals surface area contributed by atoms with Gasteiger partial charge in [-0.25, -0.2) is 4.79 Å². The molecule has 0 aliphatic carbocycles. The van der Waals surface area contributed by atoms with E-state index in [1.807, 2.05) is 0 Å². The Balaban J connectivity index is 2.53. The van der Waals surface area contributed by atoms with E-state index in [1.54, 1.807) is 32.0 Å². The van der Waals surface area contributed by atoms with E-state index in [9.17, 15) is 14.4 Å². The standard InChI is InChI=1S/C16H17NO5/c1-4-22-15(19)9(2)14-12(8-18)11-6-5-10(16(20)21-3)7-13(11)17-14/h5-9,17H,4H2,1-3H3. The van der Waals surface area contributed by atoms with Gasteiger partial charge >= 0.3 is 11.9 Å². The lowest BCUT2D eigenvalue weighted by Gasteiger charge is -2.09. The molecule has 6 nitrogen and oxygen atoms in total. The number of rotatable bonds is 5. The van der Waals surface area contributed by atoms with Gasteiger partial charge in [-0.1, -0.05) is 6.07 Å². The fourth-order valence-electron chi connectivity index (χ4n) is 2.34. The lowest BCUT2D eigenvalue weighted by Crippen LogP contribution is -2.14. The normalized spacial score (nSPS) is 12.0.